The maximum Gasteiger partial charge on any atom is 0.283 e. The Morgan fingerprint density at radius 1 is 1.28 bits per heavy atom. The fraction of sp³-hybridized carbons (Fsp3) is 0.294. The monoisotopic (exact) mass is 373 g/mol. The van der Waals surface area contributed by atoms with Crippen molar-refractivity contribution in [1.82, 2.24) is 9.55 Å². The molecule has 6 nitrogen and oxygen atoms in total. The van der Waals surface area contributed by atoms with E-state index in [1.54, 1.807) is 36.6 Å². The Bertz CT molecular complexity index is 1060. The fourth-order valence-corrected chi connectivity index (χ4v) is 5.41. The first-order valence-electron chi connectivity index (χ1n) is 7.99. The molecule has 0 spiro atoms. The summed E-state index contributed by atoms with van der Waals surface area (Å²) >= 11 is 2.75. The van der Waals surface area contributed by atoms with Crippen LogP contribution in [-0.4, -0.2) is 14.5 Å². The number of aryl methyl sites for hydroxylation is 2. The molecule has 0 aliphatic heterocycles. The van der Waals surface area contributed by atoms with Crippen LogP contribution in [0.1, 0.15) is 23.3 Å². The molecule has 0 fully saturated rings. The van der Waals surface area contributed by atoms with E-state index in [1.807, 2.05) is 0 Å². The first kappa shape index (κ1) is 16.3. The second-order valence-electron chi connectivity index (χ2n) is 5.98. The number of hydrogen-bond donors (Lipinski definition) is 0. The summed E-state index contributed by atoms with van der Waals surface area (Å²) in [5.41, 5.74) is 1.11. The second-order valence-corrected chi connectivity index (χ2v) is 8.07. The third-order valence-corrected chi connectivity index (χ3v) is 6.72. The SMILES string of the molecule is Cn1c(Sc2ccccc2[N+](=O)[O-])nc2sc3c(c2c1=O)CCCC3. The number of hydrogen-bond acceptors (Lipinski definition) is 6. The lowest BCUT2D eigenvalue weighted by molar-refractivity contribution is -0.387. The van der Waals surface area contributed by atoms with Gasteiger partial charge in [0.1, 0.15) is 4.83 Å². The molecular weight excluding hydrogens is 358 g/mol. The summed E-state index contributed by atoms with van der Waals surface area (Å²) in [4.78, 5) is 30.8. The van der Waals surface area contributed by atoms with Gasteiger partial charge in [-0.1, -0.05) is 12.1 Å². The van der Waals surface area contributed by atoms with Crippen LogP contribution in [0.25, 0.3) is 10.2 Å². The van der Waals surface area contributed by atoms with E-state index in [-0.39, 0.29) is 11.2 Å². The van der Waals surface area contributed by atoms with Gasteiger partial charge in [-0.2, -0.15) is 0 Å². The van der Waals surface area contributed by atoms with Crippen LogP contribution in [0.3, 0.4) is 0 Å². The Morgan fingerprint density at radius 3 is 2.84 bits per heavy atom. The molecule has 0 N–H and O–H groups in total. The quantitative estimate of drug-likeness (QED) is 0.395. The molecule has 2 aromatic heterocycles. The van der Waals surface area contributed by atoms with Gasteiger partial charge in [-0.15, -0.1) is 11.3 Å². The molecular formula is C17H15N3O3S2. The van der Waals surface area contributed by atoms with Crippen LogP contribution in [0.4, 0.5) is 5.69 Å². The fourth-order valence-electron chi connectivity index (χ4n) is 3.15. The molecule has 3 aromatic rings. The number of nitro benzene ring substituents is 1. The molecule has 0 amide bonds. The summed E-state index contributed by atoms with van der Waals surface area (Å²) < 4.78 is 1.51. The number of aromatic nitrogens is 2. The van der Waals surface area contributed by atoms with E-state index < -0.39 is 4.92 Å². The van der Waals surface area contributed by atoms with E-state index in [1.165, 1.54) is 15.5 Å². The topological polar surface area (TPSA) is 78.0 Å². The van der Waals surface area contributed by atoms with Crippen molar-refractivity contribution in [3.8, 4) is 0 Å². The van der Waals surface area contributed by atoms with Crippen LogP contribution in [0.15, 0.2) is 39.1 Å². The lowest BCUT2D eigenvalue weighted by atomic mass is 9.97. The number of fused-ring (bicyclic) bond motifs is 3. The Kier molecular flexibility index (Phi) is 4.09. The number of thiophene rings is 1. The molecule has 2 heterocycles. The van der Waals surface area contributed by atoms with E-state index in [0.717, 1.165) is 53.2 Å². The van der Waals surface area contributed by atoms with Gasteiger partial charge < -0.3 is 0 Å². The van der Waals surface area contributed by atoms with Gasteiger partial charge in [-0.3, -0.25) is 19.5 Å². The molecule has 0 saturated carbocycles. The highest BCUT2D eigenvalue weighted by Crippen LogP contribution is 2.37. The van der Waals surface area contributed by atoms with E-state index in [2.05, 4.69) is 4.98 Å². The van der Waals surface area contributed by atoms with E-state index >= 15 is 0 Å². The van der Waals surface area contributed by atoms with Crippen molar-refractivity contribution in [3.63, 3.8) is 0 Å². The number of nitrogens with zero attached hydrogens (tertiary/aromatic N) is 3. The summed E-state index contributed by atoms with van der Waals surface area (Å²) in [6, 6.07) is 6.52. The average molecular weight is 373 g/mol. The van der Waals surface area contributed by atoms with Gasteiger partial charge in [-0.05, 0) is 49.1 Å². The lowest BCUT2D eigenvalue weighted by Crippen LogP contribution is -2.20. The second kappa shape index (κ2) is 6.27. The Morgan fingerprint density at radius 2 is 2.04 bits per heavy atom. The van der Waals surface area contributed by atoms with Gasteiger partial charge in [0.25, 0.3) is 11.2 Å². The summed E-state index contributed by atoms with van der Waals surface area (Å²) in [7, 11) is 1.68. The normalized spacial score (nSPS) is 13.8. The van der Waals surface area contributed by atoms with Crippen molar-refractivity contribution in [2.75, 3.05) is 0 Å². The van der Waals surface area contributed by atoms with Crippen molar-refractivity contribution < 1.29 is 4.92 Å². The predicted molar refractivity (Wildman–Crippen MR) is 98.7 cm³/mol. The van der Waals surface area contributed by atoms with Gasteiger partial charge in [-0.25, -0.2) is 4.98 Å². The summed E-state index contributed by atoms with van der Waals surface area (Å²) in [6.45, 7) is 0. The molecule has 1 aliphatic carbocycles. The number of para-hydroxylation sites is 1. The molecule has 8 heteroatoms. The van der Waals surface area contributed by atoms with E-state index in [9.17, 15) is 14.9 Å². The standard InChI is InChI=1S/C17H15N3O3S2/c1-19-16(21)14-10-6-2-4-8-12(10)24-15(14)18-17(19)25-13-9-5-3-7-11(13)20(22)23/h3,5,7,9H,2,4,6,8H2,1H3. The van der Waals surface area contributed by atoms with Crippen molar-refractivity contribution >= 4 is 39.0 Å². The maximum absolute atomic E-state index is 12.9. The molecule has 4 rings (SSSR count). The highest BCUT2D eigenvalue weighted by molar-refractivity contribution is 7.99. The molecule has 128 valence electrons. The minimum atomic E-state index is -0.414. The predicted octanol–water partition coefficient (Wildman–Crippen LogP) is 3.93. The maximum atomic E-state index is 12.9. The first-order valence-corrected chi connectivity index (χ1v) is 9.62. The van der Waals surface area contributed by atoms with Crippen molar-refractivity contribution in [2.45, 2.75) is 35.7 Å². The summed E-state index contributed by atoms with van der Waals surface area (Å²) in [5.74, 6) is 0. The Hall–Kier alpha value is -2.19. The van der Waals surface area contributed by atoms with E-state index in [4.69, 9.17) is 0 Å². The molecule has 0 saturated heterocycles. The summed E-state index contributed by atoms with van der Waals surface area (Å²) in [5, 5.41) is 12.4. The highest BCUT2D eigenvalue weighted by Gasteiger charge is 2.22. The molecule has 25 heavy (non-hydrogen) atoms. The van der Waals surface area contributed by atoms with Gasteiger partial charge in [0.15, 0.2) is 5.16 Å². The number of rotatable bonds is 3. The van der Waals surface area contributed by atoms with Gasteiger partial charge in [0, 0.05) is 18.0 Å². The molecule has 1 aliphatic rings. The smallest absolute Gasteiger partial charge is 0.283 e. The zero-order chi connectivity index (χ0) is 17.6. The van der Waals surface area contributed by atoms with E-state index in [0.29, 0.717) is 10.1 Å². The molecule has 0 atom stereocenters. The van der Waals surface area contributed by atoms with Gasteiger partial charge in [0.05, 0.1) is 15.2 Å². The van der Waals surface area contributed by atoms with Gasteiger partial charge in [0.2, 0.25) is 0 Å². The lowest BCUT2D eigenvalue weighted by Gasteiger charge is -2.10. The average Bonchev–Trinajstić information content (AvgIpc) is 2.98. The van der Waals surface area contributed by atoms with Crippen LogP contribution in [0.2, 0.25) is 0 Å². The molecule has 1 aromatic carbocycles. The van der Waals surface area contributed by atoms with Crippen molar-refractivity contribution in [3.05, 3.63) is 55.2 Å². The third-order valence-electron chi connectivity index (χ3n) is 4.42. The van der Waals surface area contributed by atoms with Crippen molar-refractivity contribution in [1.29, 1.82) is 0 Å². The number of benzene rings is 1. The van der Waals surface area contributed by atoms with Crippen LogP contribution >= 0.6 is 23.1 Å². The minimum Gasteiger partial charge on any atom is -0.290 e. The zero-order valence-electron chi connectivity index (χ0n) is 13.5. The highest BCUT2D eigenvalue weighted by atomic mass is 32.2. The van der Waals surface area contributed by atoms with Crippen LogP contribution < -0.4 is 5.56 Å². The Labute approximate surface area is 151 Å². The zero-order valence-corrected chi connectivity index (χ0v) is 15.2. The van der Waals surface area contributed by atoms with Crippen LogP contribution in [0.5, 0.6) is 0 Å². The van der Waals surface area contributed by atoms with Crippen LogP contribution in [0, 0.1) is 10.1 Å². The molecule has 0 bridgehead atoms. The first-order chi connectivity index (χ1) is 12.1. The largest absolute Gasteiger partial charge is 0.290 e. The van der Waals surface area contributed by atoms with Crippen LogP contribution in [-0.2, 0) is 19.9 Å². The molecule has 0 radical (unpaired) electrons. The minimum absolute atomic E-state index is 0.0207. The van der Waals surface area contributed by atoms with Crippen molar-refractivity contribution in [2.24, 2.45) is 7.05 Å². The molecule has 0 unspecified atom stereocenters. The van der Waals surface area contributed by atoms with Gasteiger partial charge >= 0.3 is 0 Å². The number of nitro groups is 1. The third kappa shape index (κ3) is 2.75. The summed E-state index contributed by atoms with van der Waals surface area (Å²) in [6.07, 6.45) is 4.20. The Balaban J connectivity index is 1.85.